The smallest absolute Gasteiger partial charge is 0.383 e. The molecule has 0 aromatic carbocycles. The molecule has 7 rings (SSSR count). The van der Waals surface area contributed by atoms with Crippen molar-refractivity contribution in [2.24, 2.45) is 10.7 Å². The second-order valence-electron chi connectivity index (χ2n) is 10.5. The summed E-state index contributed by atoms with van der Waals surface area (Å²) in [5.41, 5.74) is 12.4. The zero-order valence-corrected chi connectivity index (χ0v) is 25.7. The number of nitrogens with zero attached hydrogens (tertiary/aromatic N) is 5. The fourth-order valence-corrected chi connectivity index (χ4v) is 8.81. The van der Waals surface area contributed by atoms with Crippen molar-refractivity contribution in [2.75, 3.05) is 18.9 Å². The van der Waals surface area contributed by atoms with Crippen LogP contribution in [0.5, 0.6) is 0 Å². The molecule has 18 nitrogen and oxygen atoms in total. The molecule has 0 spiro atoms. The first-order valence-corrected chi connectivity index (χ1v) is 18.6. The van der Waals surface area contributed by atoms with Crippen molar-refractivity contribution in [2.45, 2.75) is 68.2 Å². The second kappa shape index (κ2) is 11.2. The summed E-state index contributed by atoms with van der Waals surface area (Å²) < 4.78 is 50.9. The molecule has 7 N–H and O–H groups in total. The minimum atomic E-state index is -4.02. The predicted molar refractivity (Wildman–Crippen MR) is 156 cm³/mol. The van der Waals surface area contributed by atoms with E-state index in [1.54, 1.807) is 21.7 Å². The Morgan fingerprint density at radius 3 is 2.81 bits per heavy atom. The van der Waals surface area contributed by atoms with Gasteiger partial charge in [-0.1, -0.05) is 12.2 Å². The second-order valence-corrected chi connectivity index (χ2v) is 16.2. The molecule has 7 heterocycles. The number of nitrogen functional groups attached to an aromatic ring is 1. The fraction of sp³-hybridized carbons (Fsp3) is 0.619. The summed E-state index contributed by atoms with van der Waals surface area (Å²) in [6, 6.07) is 0.975. The minimum Gasteiger partial charge on any atom is -0.383 e. The molecule has 5 aliphatic heterocycles. The standard InChI is InChI=1S/C21H29N9O9P2S2/c22-16-10-1-2-29(17(10)25-7-24-16)14-4-11-13(37-14)6-35-41(33,43)39-12-3-9(5-34-40(32,42)38-11)36-20(12)30-8-26-15-18(30)27-21(23)28-19(15)31/h1-2,7-9,11-15,18,20-21,27H,3-6,23H2,(H,28,31)(H,32,42)(H,33,43)(H2,22,24,25)/t9-,11-,12+,13?,14+,15?,18?,20+,21?,40?,41?/m0/s1. The van der Waals surface area contributed by atoms with E-state index in [-0.39, 0.29) is 32.0 Å². The van der Waals surface area contributed by atoms with Gasteiger partial charge in [-0.05, 0) is 17.9 Å². The molecule has 1 amide bonds. The van der Waals surface area contributed by atoms with E-state index in [1.165, 1.54) is 12.7 Å². The molecule has 2 aromatic heterocycles. The number of carbonyl (C=O) groups is 1. The van der Waals surface area contributed by atoms with Crippen LogP contribution in [0.4, 0.5) is 5.82 Å². The van der Waals surface area contributed by atoms with Gasteiger partial charge in [-0.25, -0.2) is 14.5 Å². The number of hydrogen-bond donors (Lipinski definition) is 6. The average Bonchev–Trinajstić information content (AvgIpc) is 3.71. The Hall–Kier alpha value is -1.77. The Labute approximate surface area is 254 Å². The van der Waals surface area contributed by atoms with Crippen LogP contribution in [0.1, 0.15) is 19.1 Å². The van der Waals surface area contributed by atoms with Crippen molar-refractivity contribution in [1.29, 1.82) is 0 Å². The van der Waals surface area contributed by atoms with Crippen molar-refractivity contribution in [1.82, 2.24) is 30.1 Å². The van der Waals surface area contributed by atoms with E-state index in [4.69, 9.17) is 50.8 Å². The van der Waals surface area contributed by atoms with Crippen LogP contribution in [-0.2, 0) is 48.7 Å². The van der Waals surface area contributed by atoms with E-state index in [2.05, 4.69) is 37.8 Å². The van der Waals surface area contributed by atoms with Gasteiger partial charge in [-0.3, -0.25) is 29.9 Å². The fourth-order valence-electron chi connectivity index (χ4n) is 5.83. The highest BCUT2D eigenvalue weighted by Gasteiger charge is 2.51. The van der Waals surface area contributed by atoms with Gasteiger partial charge in [0.05, 0.1) is 37.1 Å². The van der Waals surface area contributed by atoms with Gasteiger partial charge in [-0.15, -0.1) is 0 Å². The number of thiol groups is 1. The number of aromatic nitrogens is 3. The van der Waals surface area contributed by atoms with Crippen LogP contribution in [0.3, 0.4) is 0 Å². The third-order valence-corrected chi connectivity index (χ3v) is 11.0. The lowest BCUT2D eigenvalue weighted by molar-refractivity contribution is -0.130. The van der Waals surface area contributed by atoms with Crippen molar-refractivity contribution in [3.8, 4) is 0 Å². The van der Waals surface area contributed by atoms with Gasteiger partial charge in [-0.2, -0.15) is 0 Å². The number of ether oxygens (including phenoxy) is 2. The van der Waals surface area contributed by atoms with E-state index in [9.17, 15) is 14.3 Å². The largest absolute Gasteiger partial charge is 0.386 e. The molecule has 0 saturated carbocycles. The van der Waals surface area contributed by atoms with Gasteiger partial charge in [0.2, 0.25) is 0 Å². The van der Waals surface area contributed by atoms with Gasteiger partial charge >= 0.3 is 13.5 Å². The first kappa shape index (κ1) is 29.9. The zero-order chi connectivity index (χ0) is 30.1. The molecule has 0 radical (unpaired) electrons. The monoisotopic (exact) mass is 677 g/mol. The van der Waals surface area contributed by atoms with Gasteiger partial charge in [0, 0.05) is 19.0 Å². The predicted octanol–water partition coefficient (Wildman–Crippen LogP) is -0.512. The number of fused-ring (bicyclic) bond motifs is 5. The van der Waals surface area contributed by atoms with Crippen LogP contribution in [0, 0.1) is 0 Å². The Balaban J connectivity index is 1.12. The highest BCUT2D eigenvalue weighted by Crippen LogP contribution is 2.57. The number of carbonyl (C=O) groups excluding carboxylic acids is 1. The molecule has 2 aromatic rings. The molecule has 0 aliphatic carbocycles. The van der Waals surface area contributed by atoms with Crippen LogP contribution in [0.25, 0.3) is 11.0 Å². The molecule has 43 heavy (non-hydrogen) atoms. The minimum absolute atomic E-state index is 0.158. The Bertz CT molecular complexity index is 1550. The summed E-state index contributed by atoms with van der Waals surface area (Å²) in [5, 5.41) is 6.25. The molecule has 4 fully saturated rings. The van der Waals surface area contributed by atoms with E-state index in [0.29, 0.717) is 16.9 Å². The van der Waals surface area contributed by atoms with Crippen LogP contribution >= 0.6 is 25.8 Å². The lowest BCUT2D eigenvalue weighted by Crippen LogP contribution is -2.70. The summed E-state index contributed by atoms with van der Waals surface area (Å²) in [6.07, 6.45) is -1.22. The van der Waals surface area contributed by atoms with Crippen molar-refractivity contribution < 1.29 is 41.8 Å². The number of hydrogen-bond acceptors (Lipinski definition) is 16. The molecule has 5 aliphatic rings. The van der Waals surface area contributed by atoms with Crippen LogP contribution in [-0.4, -0.2) is 98.9 Å². The Kier molecular flexibility index (Phi) is 7.82. The summed E-state index contributed by atoms with van der Waals surface area (Å²) in [6.45, 7) is -8.28. The van der Waals surface area contributed by atoms with E-state index >= 15 is 0 Å². The molecule has 2 bridgehead atoms. The maximum atomic E-state index is 13.5. The van der Waals surface area contributed by atoms with Gasteiger partial charge in [0.15, 0.2) is 12.3 Å². The highest BCUT2D eigenvalue weighted by atomic mass is 32.7. The molecule has 6 unspecified atom stereocenters. The van der Waals surface area contributed by atoms with E-state index in [1.807, 2.05) is 0 Å². The van der Waals surface area contributed by atoms with Gasteiger partial charge < -0.3 is 43.9 Å². The molecular weight excluding hydrogens is 648 g/mol. The topological polar surface area (TPSA) is 232 Å². The molecule has 234 valence electrons. The number of amides is 1. The summed E-state index contributed by atoms with van der Waals surface area (Å²) in [5.74, 6) is -0.0466. The number of nitrogens with two attached hydrogens (primary N) is 2. The lowest BCUT2D eigenvalue weighted by atomic mass is 10.1. The maximum Gasteiger partial charge on any atom is 0.386 e. The average molecular weight is 678 g/mol. The third kappa shape index (κ3) is 5.85. The van der Waals surface area contributed by atoms with Gasteiger partial charge in [0.25, 0.3) is 5.91 Å². The summed E-state index contributed by atoms with van der Waals surface area (Å²) in [7, 11) is 0. The third-order valence-electron chi connectivity index (χ3n) is 7.73. The van der Waals surface area contributed by atoms with E-state index < -0.39 is 68.9 Å². The van der Waals surface area contributed by atoms with Crippen LogP contribution < -0.4 is 22.1 Å². The van der Waals surface area contributed by atoms with Crippen molar-refractivity contribution >= 4 is 66.7 Å². The Morgan fingerprint density at radius 2 is 1.98 bits per heavy atom. The zero-order valence-electron chi connectivity index (χ0n) is 22.2. The van der Waals surface area contributed by atoms with Crippen molar-refractivity contribution in [3.63, 3.8) is 0 Å². The number of anilines is 1. The van der Waals surface area contributed by atoms with E-state index in [0.717, 1.165) is 0 Å². The first-order chi connectivity index (χ1) is 20.5. The van der Waals surface area contributed by atoms with Crippen molar-refractivity contribution in [3.05, 3.63) is 18.6 Å². The first-order valence-electron chi connectivity index (χ1n) is 13.3. The number of aliphatic imine (C=N–C) groups is 1. The number of nitrogens with one attached hydrogen (secondary N) is 2. The molecule has 4 saturated heterocycles. The summed E-state index contributed by atoms with van der Waals surface area (Å²) >= 11 is 9.56. The molecular formula is C21H29N9O9P2S2. The van der Waals surface area contributed by atoms with Gasteiger partial charge in [0.1, 0.15) is 48.7 Å². The number of rotatable bonds is 2. The highest BCUT2D eigenvalue weighted by molar-refractivity contribution is 8.44. The maximum absolute atomic E-state index is 13.5. The SMILES string of the molecule is Nc1ncnc2c1ccn2[C@H]1C[C@@H]2OP(O)(=S)OC[C@@H]3C[C@@H](OP(=O)(S)OCC2O1)[C@H](N1C=NC2C(=O)NC(N)NC21)O3. The molecule has 11 atom stereocenters. The lowest BCUT2D eigenvalue weighted by Gasteiger charge is -2.39. The Morgan fingerprint density at radius 1 is 1.14 bits per heavy atom. The van der Waals surface area contributed by atoms with Crippen LogP contribution in [0.2, 0.25) is 0 Å². The van der Waals surface area contributed by atoms with Crippen LogP contribution in [0.15, 0.2) is 23.6 Å². The quantitative estimate of drug-likeness (QED) is 0.174. The normalized spacial score (nSPS) is 43.5. The molecule has 22 heteroatoms. The summed E-state index contributed by atoms with van der Waals surface area (Å²) in [4.78, 5) is 37.6.